The Morgan fingerprint density at radius 2 is 1.91 bits per heavy atom. The molecule has 1 aliphatic rings. The lowest BCUT2D eigenvalue weighted by molar-refractivity contribution is 0.517. The van der Waals surface area contributed by atoms with Crippen molar-refractivity contribution in [3.63, 3.8) is 0 Å². The van der Waals surface area contributed by atoms with Crippen molar-refractivity contribution in [1.82, 2.24) is 9.97 Å². The molecule has 3 aromatic rings. The molecular weight excluding hydrogens is 288 g/mol. The molecule has 0 saturated heterocycles. The van der Waals surface area contributed by atoms with E-state index in [0.29, 0.717) is 18.5 Å². The smallest absolute Gasteiger partial charge is 0.225 e. The molecule has 0 aliphatic heterocycles. The van der Waals surface area contributed by atoms with E-state index in [1.165, 1.54) is 12.8 Å². The van der Waals surface area contributed by atoms with Crippen LogP contribution in [0.2, 0.25) is 0 Å². The molecule has 1 saturated carbocycles. The van der Waals surface area contributed by atoms with Gasteiger partial charge in [-0.1, -0.05) is 30.3 Å². The van der Waals surface area contributed by atoms with Crippen molar-refractivity contribution >= 4 is 11.8 Å². The van der Waals surface area contributed by atoms with Crippen molar-refractivity contribution in [2.75, 3.05) is 10.6 Å². The minimum absolute atomic E-state index is 0.548. The molecule has 0 bridgehead atoms. The minimum atomic E-state index is 0.548. The van der Waals surface area contributed by atoms with Crippen molar-refractivity contribution in [3.05, 3.63) is 60.6 Å². The van der Waals surface area contributed by atoms with Gasteiger partial charge in [0.1, 0.15) is 11.6 Å². The van der Waals surface area contributed by atoms with Crippen LogP contribution in [0.1, 0.15) is 18.6 Å². The summed E-state index contributed by atoms with van der Waals surface area (Å²) in [6, 6.07) is 16.5. The van der Waals surface area contributed by atoms with Gasteiger partial charge in [-0.2, -0.15) is 4.98 Å². The van der Waals surface area contributed by atoms with Gasteiger partial charge in [-0.15, -0.1) is 0 Å². The zero-order valence-corrected chi connectivity index (χ0v) is 12.7. The normalized spacial score (nSPS) is 13.7. The van der Waals surface area contributed by atoms with Crippen molar-refractivity contribution in [2.45, 2.75) is 25.4 Å². The first kappa shape index (κ1) is 13.8. The third-order valence-electron chi connectivity index (χ3n) is 3.73. The highest BCUT2D eigenvalue weighted by Gasteiger charge is 2.22. The minimum Gasteiger partial charge on any atom is -0.467 e. The number of furan rings is 1. The van der Waals surface area contributed by atoms with Crippen LogP contribution in [0.3, 0.4) is 0 Å². The molecule has 2 aromatic heterocycles. The van der Waals surface area contributed by atoms with E-state index in [4.69, 9.17) is 4.42 Å². The SMILES string of the molecule is c1ccc(-c2cc(NC3CC3)nc(NCc3ccco3)n2)cc1. The Kier molecular flexibility index (Phi) is 3.68. The average molecular weight is 306 g/mol. The van der Waals surface area contributed by atoms with Gasteiger partial charge < -0.3 is 15.1 Å². The van der Waals surface area contributed by atoms with Gasteiger partial charge in [0.25, 0.3) is 0 Å². The fraction of sp³-hybridized carbons (Fsp3) is 0.222. The Hall–Kier alpha value is -2.82. The van der Waals surface area contributed by atoms with E-state index >= 15 is 0 Å². The van der Waals surface area contributed by atoms with Gasteiger partial charge in [-0.05, 0) is 25.0 Å². The number of hydrogen-bond donors (Lipinski definition) is 2. The molecule has 0 radical (unpaired) electrons. The molecule has 2 N–H and O–H groups in total. The Balaban J connectivity index is 1.61. The van der Waals surface area contributed by atoms with Crippen LogP contribution in [0.4, 0.5) is 11.8 Å². The lowest BCUT2D eigenvalue weighted by Crippen LogP contribution is -2.08. The summed E-state index contributed by atoms with van der Waals surface area (Å²) >= 11 is 0. The van der Waals surface area contributed by atoms with E-state index in [2.05, 4.69) is 32.7 Å². The van der Waals surface area contributed by atoms with E-state index in [1.54, 1.807) is 6.26 Å². The number of aromatic nitrogens is 2. The van der Waals surface area contributed by atoms with Crippen LogP contribution in [-0.4, -0.2) is 16.0 Å². The predicted molar refractivity (Wildman–Crippen MR) is 90.1 cm³/mol. The van der Waals surface area contributed by atoms with Crippen LogP contribution >= 0.6 is 0 Å². The Bertz CT molecular complexity index is 767. The van der Waals surface area contributed by atoms with Crippen LogP contribution < -0.4 is 10.6 Å². The molecule has 1 aromatic carbocycles. The molecule has 4 rings (SSSR count). The number of rotatable bonds is 6. The zero-order valence-electron chi connectivity index (χ0n) is 12.7. The summed E-state index contributed by atoms with van der Waals surface area (Å²) in [5.41, 5.74) is 1.99. The van der Waals surface area contributed by atoms with Crippen molar-refractivity contribution in [3.8, 4) is 11.3 Å². The first-order valence-corrected chi connectivity index (χ1v) is 7.84. The van der Waals surface area contributed by atoms with E-state index in [-0.39, 0.29) is 0 Å². The molecule has 0 atom stereocenters. The Morgan fingerprint density at radius 3 is 2.65 bits per heavy atom. The van der Waals surface area contributed by atoms with E-state index < -0.39 is 0 Å². The molecule has 0 unspecified atom stereocenters. The van der Waals surface area contributed by atoms with Crippen molar-refractivity contribution in [1.29, 1.82) is 0 Å². The van der Waals surface area contributed by atoms with Crippen LogP contribution in [-0.2, 0) is 6.54 Å². The maximum Gasteiger partial charge on any atom is 0.225 e. The second-order valence-electron chi connectivity index (χ2n) is 5.68. The van der Waals surface area contributed by atoms with Crippen molar-refractivity contribution in [2.24, 2.45) is 0 Å². The van der Waals surface area contributed by atoms with Crippen LogP contribution in [0.15, 0.2) is 59.2 Å². The van der Waals surface area contributed by atoms with Gasteiger partial charge >= 0.3 is 0 Å². The molecule has 1 fully saturated rings. The first-order valence-electron chi connectivity index (χ1n) is 7.84. The Morgan fingerprint density at radius 1 is 1.04 bits per heavy atom. The van der Waals surface area contributed by atoms with E-state index in [0.717, 1.165) is 22.8 Å². The summed E-state index contributed by atoms with van der Waals surface area (Å²) in [5.74, 6) is 2.32. The van der Waals surface area contributed by atoms with E-state index in [1.807, 2.05) is 36.4 Å². The maximum atomic E-state index is 5.34. The number of hydrogen-bond acceptors (Lipinski definition) is 5. The third kappa shape index (κ3) is 3.51. The molecule has 0 amide bonds. The summed E-state index contributed by atoms with van der Waals surface area (Å²) in [7, 11) is 0. The largest absolute Gasteiger partial charge is 0.467 e. The number of benzene rings is 1. The molecule has 23 heavy (non-hydrogen) atoms. The molecule has 5 nitrogen and oxygen atoms in total. The zero-order chi connectivity index (χ0) is 15.5. The van der Waals surface area contributed by atoms with Crippen LogP contribution in [0.5, 0.6) is 0 Å². The second-order valence-corrected chi connectivity index (χ2v) is 5.68. The van der Waals surface area contributed by atoms with Gasteiger partial charge in [0.05, 0.1) is 18.5 Å². The third-order valence-corrected chi connectivity index (χ3v) is 3.73. The molecule has 0 spiro atoms. The highest BCUT2D eigenvalue weighted by atomic mass is 16.3. The predicted octanol–water partition coefficient (Wildman–Crippen LogP) is 3.92. The van der Waals surface area contributed by atoms with Gasteiger partial charge in [0.2, 0.25) is 5.95 Å². The molecule has 2 heterocycles. The average Bonchev–Trinajstić information content (AvgIpc) is 3.25. The summed E-state index contributed by atoms with van der Waals surface area (Å²) in [6.07, 6.45) is 4.08. The quantitative estimate of drug-likeness (QED) is 0.722. The summed E-state index contributed by atoms with van der Waals surface area (Å²) in [6.45, 7) is 0.564. The highest BCUT2D eigenvalue weighted by Crippen LogP contribution is 2.27. The second kappa shape index (κ2) is 6.12. The van der Waals surface area contributed by atoms with Gasteiger partial charge in [-0.3, -0.25) is 0 Å². The van der Waals surface area contributed by atoms with Gasteiger partial charge in [0, 0.05) is 17.7 Å². The fourth-order valence-corrected chi connectivity index (χ4v) is 2.37. The number of anilines is 2. The lowest BCUT2D eigenvalue weighted by atomic mass is 10.1. The number of nitrogens with one attached hydrogen (secondary N) is 2. The molecule has 116 valence electrons. The van der Waals surface area contributed by atoms with Gasteiger partial charge in [0.15, 0.2) is 0 Å². The van der Waals surface area contributed by atoms with E-state index in [9.17, 15) is 0 Å². The summed E-state index contributed by atoms with van der Waals surface area (Å²) in [5, 5.41) is 6.68. The van der Waals surface area contributed by atoms with Crippen LogP contribution in [0, 0.1) is 0 Å². The summed E-state index contributed by atoms with van der Waals surface area (Å²) in [4.78, 5) is 9.19. The highest BCUT2D eigenvalue weighted by molar-refractivity contribution is 5.64. The lowest BCUT2D eigenvalue weighted by Gasteiger charge is -2.10. The maximum absolute atomic E-state index is 5.34. The number of nitrogens with zero attached hydrogens (tertiary/aromatic N) is 2. The van der Waals surface area contributed by atoms with Crippen molar-refractivity contribution < 1.29 is 4.42 Å². The first-order chi connectivity index (χ1) is 11.4. The molecule has 5 heteroatoms. The fourth-order valence-electron chi connectivity index (χ4n) is 2.37. The summed E-state index contributed by atoms with van der Waals surface area (Å²) < 4.78 is 5.34. The Labute approximate surface area is 134 Å². The topological polar surface area (TPSA) is 63.0 Å². The van der Waals surface area contributed by atoms with Crippen LogP contribution in [0.25, 0.3) is 11.3 Å². The standard InChI is InChI=1S/C18H18N4O/c1-2-5-13(6-3-1)16-11-17(20-14-8-9-14)22-18(21-16)19-12-15-7-4-10-23-15/h1-7,10-11,14H,8-9,12H2,(H2,19,20,21,22). The monoisotopic (exact) mass is 306 g/mol. The van der Waals surface area contributed by atoms with Gasteiger partial charge in [-0.25, -0.2) is 4.98 Å². The molecular formula is C18H18N4O. The molecule has 1 aliphatic carbocycles.